The fourth-order valence-corrected chi connectivity index (χ4v) is 6.40. The lowest BCUT2D eigenvalue weighted by Crippen LogP contribution is -2.36. The lowest BCUT2D eigenvalue weighted by atomic mass is 9.71. The number of dihydropyridines is 1. The maximum atomic E-state index is 14.2. The van der Waals surface area contributed by atoms with Crippen molar-refractivity contribution < 1.29 is 33.3 Å². The van der Waals surface area contributed by atoms with Gasteiger partial charge in [0.15, 0.2) is 17.3 Å². The van der Waals surface area contributed by atoms with Gasteiger partial charge >= 0.3 is 5.97 Å². The molecule has 0 fully saturated rings. The number of ether oxygens (including phenoxy) is 5. The fraction of sp³-hybridized carbons (Fsp3) is 0.250. The van der Waals surface area contributed by atoms with Crippen molar-refractivity contribution in [3.05, 3.63) is 142 Å². The summed E-state index contributed by atoms with van der Waals surface area (Å²) in [7, 11) is 3.20. The van der Waals surface area contributed by atoms with Crippen LogP contribution in [0.1, 0.15) is 48.3 Å². The maximum Gasteiger partial charge on any atom is 0.336 e. The number of hydrogen-bond acceptors (Lipinski definition) is 8. The number of hydrogen-bond donors (Lipinski definition) is 1. The summed E-state index contributed by atoms with van der Waals surface area (Å²) in [5.41, 5.74) is 5.21. The Morgan fingerprint density at radius 3 is 2.23 bits per heavy atom. The Labute approximate surface area is 280 Å². The van der Waals surface area contributed by atoms with E-state index in [1.165, 1.54) is 0 Å². The monoisotopic (exact) mass is 645 g/mol. The van der Waals surface area contributed by atoms with E-state index in [1.807, 2.05) is 110 Å². The zero-order chi connectivity index (χ0) is 33.5. The highest BCUT2D eigenvalue weighted by Gasteiger charge is 2.41. The number of methoxy groups -OCH3 is 2. The molecule has 4 aromatic rings. The first-order valence-electron chi connectivity index (χ1n) is 16.0. The number of allylic oxidation sites excluding steroid dienone is 3. The molecule has 48 heavy (non-hydrogen) atoms. The Balaban J connectivity index is 1.30. The highest BCUT2D eigenvalue weighted by atomic mass is 16.6. The van der Waals surface area contributed by atoms with Crippen molar-refractivity contribution >= 4 is 11.8 Å². The van der Waals surface area contributed by atoms with Gasteiger partial charge in [0.2, 0.25) is 0 Å². The summed E-state index contributed by atoms with van der Waals surface area (Å²) < 4.78 is 28.6. The Kier molecular flexibility index (Phi) is 10.1. The third-order valence-electron chi connectivity index (χ3n) is 8.69. The van der Waals surface area contributed by atoms with E-state index >= 15 is 0 Å². The smallest absolute Gasteiger partial charge is 0.336 e. The number of carbonyl (C=O) groups is 2. The van der Waals surface area contributed by atoms with Crippen LogP contribution in [0.4, 0.5) is 0 Å². The zero-order valence-electron chi connectivity index (χ0n) is 27.4. The molecular weight excluding hydrogens is 606 g/mol. The summed E-state index contributed by atoms with van der Waals surface area (Å²) in [5, 5.41) is 3.43. The minimum absolute atomic E-state index is 0.0330. The SMILES string of the molecule is COc1ccc([C@H]2CC(=O)C3=C(C2)NC(C)=C(C(=O)OCCOc2ccccc2)[C@H]3c2cccc(OCc3ccccc3)c2)cc1OC. The van der Waals surface area contributed by atoms with Crippen LogP contribution in [0.3, 0.4) is 0 Å². The van der Waals surface area contributed by atoms with Gasteiger partial charge in [0, 0.05) is 29.3 Å². The van der Waals surface area contributed by atoms with Gasteiger partial charge in [-0.3, -0.25) is 4.79 Å². The van der Waals surface area contributed by atoms with E-state index in [-0.39, 0.29) is 31.3 Å². The number of benzene rings is 4. The van der Waals surface area contributed by atoms with Gasteiger partial charge in [0.05, 0.1) is 19.8 Å². The minimum atomic E-state index is -0.636. The van der Waals surface area contributed by atoms with Gasteiger partial charge in [-0.25, -0.2) is 4.79 Å². The highest BCUT2D eigenvalue weighted by Crippen LogP contribution is 2.47. The molecule has 0 bridgehead atoms. The Bertz CT molecular complexity index is 1830. The predicted molar refractivity (Wildman–Crippen MR) is 182 cm³/mol. The molecule has 1 aliphatic heterocycles. The molecule has 1 aliphatic carbocycles. The predicted octanol–water partition coefficient (Wildman–Crippen LogP) is 7.27. The van der Waals surface area contributed by atoms with Crippen LogP contribution in [0.2, 0.25) is 0 Å². The molecule has 0 aromatic heterocycles. The average molecular weight is 646 g/mol. The standard InChI is InChI=1S/C40H39NO7/c1-26-37(40(43)47-20-19-46-31-14-8-5-9-15-31)38(29-13-10-16-32(21-29)48-25-27-11-6-4-7-12-27)39-33(41-26)22-30(23-34(39)42)28-17-18-35(44-2)36(24-28)45-3/h4-18,21,24,30,38,41H,19-20,22-23,25H2,1-3H3/t30-,38-/m1/s1. The first-order valence-corrected chi connectivity index (χ1v) is 16.0. The number of Topliss-reactive ketones (excluding diaryl/α,β-unsaturated/α-hetero) is 1. The second-order valence-corrected chi connectivity index (χ2v) is 11.8. The minimum Gasteiger partial charge on any atom is -0.493 e. The van der Waals surface area contributed by atoms with Gasteiger partial charge in [-0.2, -0.15) is 0 Å². The third-order valence-corrected chi connectivity index (χ3v) is 8.69. The van der Waals surface area contributed by atoms with Crippen molar-refractivity contribution in [3.8, 4) is 23.0 Å². The Morgan fingerprint density at radius 1 is 0.750 bits per heavy atom. The number of esters is 1. The van der Waals surface area contributed by atoms with Crippen LogP contribution in [0.5, 0.6) is 23.0 Å². The lowest BCUT2D eigenvalue weighted by molar-refractivity contribution is -0.140. The Hall–Kier alpha value is -5.50. The third kappa shape index (κ3) is 7.23. The lowest BCUT2D eigenvalue weighted by Gasteiger charge is -2.37. The molecule has 246 valence electrons. The first kappa shape index (κ1) is 32.4. The molecule has 4 aromatic carbocycles. The van der Waals surface area contributed by atoms with Crippen molar-refractivity contribution in [3.63, 3.8) is 0 Å². The molecule has 0 unspecified atom stereocenters. The largest absolute Gasteiger partial charge is 0.493 e. The van der Waals surface area contributed by atoms with E-state index in [0.717, 1.165) is 22.4 Å². The van der Waals surface area contributed by atoms with Gasteiger partial charge < -0.3 is 29.0 Å². The summed E-state index contributed by atoms with van der Waals surface area (Å²) in [4.78, 5) is 28.0. The number of para-hydroxylation sites is 1. The van der Waals surface area contributed by atoms with Crippen LogP contribution in [-0.4, -0.2) is 39.2 Å². The van der Waals surface area contributed by atoms with Gasteiger partial charge in [-0.15, -0.1) is 0 Å². The molecule has 0 saturated carbocycles. The van der Waals surface area contributed by atoms with E-state index < -0.39 is 11.9 Å². The molecule has 8 nitrogen and oxygen atoms in total. The Morgan fingerprint density at radius 2 is 1.48 bits per heavy atom. The number of ketones is 1. The summed E-state index contributed by atoms with van der Waals surface area (Å²) >= 11 is 0. The molecule has 0 spiro atoms. The second-order valence-electron chi connectivity index (χ2n) is 11.8. The van der Waals surface area contributed by atoms with Crippen LogP contribution in [-0.2, 0) is 20.9 Å². The first-order chi connectivity index (χ1) is 23.4. The van der Waals surface area contributed by atoms with Gasteiger partial charge in [0.25, 0.3) is 0 Å². The second kappa shape index (κ2) is 14.9. The molecule has 6 rings (SSSR count). The van der Waals surface area contributed by atoms with Gasteiger partial charge in [-0.1, -0.05) is 66.7 Å². The van der Waals surface area contributed by atoms with Gasteiger partial charge in [-0.05, 0) is 72.4 Å². The summed E-state index contributed by atoms with van der Waals surface area (Å²) in [5.74, 6) is 1.33. The van der Waals surface area contributed by atoms with E-state index in [9.17, 15) is 9.59 Å². The summed E-state index contributed by atoms with van der Waals surface area (Å²) in [6.45, 7) is 2.50. The summed E-state index contributed by atoms with van der Waals surface area (Å²) in [6.07, 6.45) is 0.866. The van der Waals surface area contributed by atoms with Crippen molar-refractivity contribution in [2.75, 3.05) is 27.4 Å². The molecule has 2 aliphatic rings. The van der Waals surface area contributed by atoms with E-state index in [4.69, 9.17) is 23.7 Å². The number of rotatable bonds is 12. The maximum absolute atomic E-state index is 14.2. The van der Waals surface area contributed by atoms with Crippen LogP contribution in [0, 0.1) is 0 Å². The molecule has 0 saturated heterocycles. The molecule has 0 amide bonds. The van der Waals surface area contributed by atoms with Crippen molar-refractivity contribution in [2.24, 2.45) is 0 Å². The molecular formula is C40H39NO7. The van der Waals surface area contributed by atoms with E-state index in [2.05, 4.69) is 5.32 Å². The fourth-order valence-electron chi connectivity index (χ4n) is 6.40. The molecule has 2 atom stereocenters. The highest BCUT2D eigenvalue weighted by molar-refractivity contribution is 6.04. The number of nitrogens with one attached hydrogen (secondary N) is 1. The topological polar surface area (TPSA) is 92.3 Å². The molecule has 0 radical (unpaired) electrons. The normalized spacial score (nSPS) is 17.3. The number of carbonyl (C=O) groups excluding carboxylic acids is 2. The van der Waals surface area contributed by atoms with E-state index in [1.54, 1.807) is 14.2 Å². The van der Waals surface area contributed by atoms with Crippen LogP contribution in [0.25, 0.3) is 0 Å². The van der Waals surface area contributed by atoms with Crippen LogP contribution >= 0.6 is 0 Å². The average Bonchev–Trinajstić information content (AvgIpc) is 3.12. The van der Waals surface area contributed by atoms with Crippen molar-refractivity contribution in [1.82, 2.24) is 5.32 Å². The molecule has 1 N–H and O–H groups in total. The van der Waals surface area contributed by atoms with Crippen LogP contribution < -0.4 is 24.3 Å². The molecule has 8 heteroatoms. The molecule has 1 heterocycles. The van der Waals surface area contributed by atoms with Gasteiger partial charge in [0.1, 0.15) is 31.3 Å². The van der Waals surface area contributed by atoms with Crippen LogP contribution in [0.15, 0.2) is 126 Å². The van der Waals surface area contributed by atoms with Crippen molar-refractivity contribution in [2.45, 2.75) is 38.2 Å². The summed E-state index contributed by atoms with van der Waals surface area (Å²) in [6, 6.07) is 32.7. The van der Waals surface area contributed by atoms with Crippen molar-refractivity contribution in [1.29, 1.82) is 0 Å². The van der Waals surface area contributed by atoms with E-state index in [0.29, 0.717) is 52.9 Å². The zero-order valence-corrected chi connectivity index (χ0v) is 27.4. The quantitative estimate of drug-likeness (QED) is 0.127.